The zero-order valence-electron chi connectivity index (χ0n) is 9.14. The van der Waals surface area contributed by atoms with Crippen LogP contribution < -0.4 is 5.73 Å². The molecule has 2 rings (SSSR count). The molecule has 0 amide bonds. The fourth-order valence-electron chi connectivity index (χ4n) is 1.72. The summed E-state index contributed by atoms with van der Waals surface area (Å²) < 4.78 is 5.58. The first-order valence-corrected chi connectivity index (χ1v) is 5.74. The van der Waals surface area contributed by atoms with Gasteiger partial charge in [0.05, 0.1) is 22.7 Å². The lowest BCUT2D eigenvalue weighted by atomic mass is 9.90. The Labute approximate surface area is 104 Å². The lowest BCUT2D eigenvalue weighted by Crippen LogP contribution is -2.41. The summed E-state index contributed by atoms with van der Waals surface area (Å²) in [5, 5.41) is 10.9. The van der Waals surface area contributed by atoms with E-state index in [2.05, 4.69) is 0 Å². The summed E-state index contributed by atoms with van der Waals surface area (Å²) >= 11 is 5.94. The Hall–Kier alpha value is -1.17. The van der Waals surface area contributed by atoms with Crippen LogP contribution in [0.15, 0.2) is 18.2 Å². The zero-order chi connectivity index (χ0) is 12.4. The highest BCUT2D eigenvalue weighted by Crippen LogP contribution is 2.26. The lowest BCUT2D eigenvalue weighted by Gasteiger charge is -2.32. The number of nitro groups is 1. The highest BCUT2D eigenvalue weighted by molar-refractivity contribution is 6.31. The highest BCUT2D eigenvalue weighted by Gasteiger charge is 2.26. The maximum absolute atomic E-state index is 10.5. The zero-order valence-corrected chi connectivity index (χ0v) is 9.89. The number of nitrogens with two attached hydrogens (primary N) is 1. The SMILES string of the molecule is NC1CC(OCc2ccc([N+](=O)[O-])cc2Cl)C1. The van der Waals surface area contributed by atoms with Gasteiger partial charge in [-0.05, 0) is 24.5 Å². The predicted molar refractivity (Wildman–Crippen MR) is 63.9 cm³/mol. The Morgan fingerprint density at radius 3 is 2.76 bits per heavy atom. The molecule has 0 radical (unpaired) electrons. The van der Waals surface area contributed by atoms with Crippen LogP contribution in [0.5, 0.6) is 0 Å². The monoisotopic (exact) mass is 256 g/mol. The van der Waals surface area contributed by atoms with E-state index in [1.54, 1.807) is 6.07 Å². The molecule has 0 spiro atoms. The normalized spacial score (nSPS) is 23.2. The molecule has 6 heteroatoms. The van der Waals surface area contributed by atoms with Crippen molar-refractivity contribution in [1.82, 2.24) is 0 Å². The third-order valence-electron chi connectivity index (χ3n) is 2.85. The summed E-state index contributed by atoms with van der Waals surface area (Å²) in [5.41, 5.74) is 6.39. The third-order valence-corrected chi connectivity index (χ3v) is 3.21. The van der Waals surface area contributed by atoms with Gasteiger partial charge in [0.1, 0.15) is 0 Å². The number of non-ortho nitro benzene ring substituents is 1. The van der Waals surface area contributed by atoms with Crippen molar-refractivity contribution < 1.29 is 9.66 Å². The van der Waals surface area contributed by atoms with Crippen molar-refractivity contribution in [2.45, 2.75) is 31.6 Å². The van der Waals surface area contributed by atoms with Crippen LogP contribution in [-0.4, -0.2) is 17.1 Å². The van der Waals surface area contributed by atoms with E-state index in [1.807, 2.05) is 0 Å². The highest BCUT2D eigenvalue weighted by atomic mass is 35.5. The number of hydrogen-bond donors (Lipinski definition) is 1. The molecule has 0 aromatic heterocycles. The van der Waals surface area contributed by atoms with Gasteiger partial charge in [0.15, 0.2) is 0 Å². The molecule has 0 heterocycles. The van der Waals surface area contributed by atoms with Crippen LogP contribution in [0.4, 0.5) is 5.69 Å². The van der Waals surface area contributed by atoms with Gasteiger partial charge in [-0.2, -0.15) is 0 Å². The molecule has 17 heavy (non-hydrogen) atoms. The molecule has 0 unspecified atom stereocenters. The first-order valence-electron chi connectivity index (χ1n) is 5.36. The summed E-state index contributed by atoms with van der Waals surface area (Å²) in [4.78, 5) is 10.1. The molecule has 1 saturated carbocycles. The Morgan fingerprint density at radius 1 is 1.53 bits per heavy atom. The van der Waals surface area contributed by atoms with Crippen molar-refractivity contribution in [1.29, 1.82) is 0 Å². The molecule has 0 atom stereocenters. The van der Waals surface area contributed by atoms with Crippen molar-refractivity contribution in [3.05, 3.63) is 38.9 Å². The quantitative estimate of drug-likeness (QED) is 0.662. The van der Waals surface area contributed by atoms with Gasteiger partial charge in [-0.25, -0.2) is 0 Å². The van der Waals surface area contributed by atoms with E-state index < -0.39 is 4.92 Å². The molecular formula is C11H13ClN2O3. The maximum atomic E-state index is 10.5. The van der Waals surface area contributed by atoms with E-state index in [0.717, 1.165) is 18.4 Å². The summed E-state index contributed by atoms with van der Waals surface area (Å²) in [5.74, 6) is 0. The van der Waals surface area contributed by atoms with Crippen LogP contribution in [0.25, 0.3) is 0 Å². The summed E-state index contributed by atoms with van der Waals surface area (Å²) in [6.45, 7) is 0.369. The van der Waals surface area contributed by atoms with Crippen LogP contribution in [-0.2, 0) is 11.3 Å². The van der Waals surface area contributed by atoms with Gasteiger partial charge in [-0.3, -0.25) is 10.1 Å². The van der Waals surface area contributed by atoms with Gasteiger partial charge < -0.3 is 10.5 Å². The van der Waals surface area contributed by atoms with Crippen LogP contribution in [0.3, 0.4) is 0 Å². The van der Waals surface area contributed by atoms with Crippen molar-refractivity contribution in [3.8, 4) is 0 Å². The molecule has 1 aliphatic carbocycles. The molecule has 1 fully saturated rings. The molecule has 2 N–H and O–H groups in total. The van der Waals surface area contributed by atoms with E-state index >= 15 is 0 Å². The van der Waals surface area contributed by atoms with Gasteiger partial charge in [-0.1, -0.05) is 11.6 Å². The Balaban J connectivity index is 1.94. The largest absolute Gasteiger partial charge is 0.373 e. The standard InChI is InChI=1S/C11H13ClN2O3/c12-11-5-9(14(15)16)2-1-7(11)6-17-10-3-8(13)4-10/h1-2,5,8,10H,3-4,6,13H2. The van der Waals surface area contributed by atoms with Crippen molar-refractivity contribution in [2.24, 2.45) is 5.73 Å². The van der Waals surface area contributed by atoms with E-state index in [0.29, 0.717) is 11.6 Å². The Kier molecular flexibility index (Phi) is 3.61. The lowest BCUT2D eigenvalue weighted by molar-refractivity contribution is -0.384. The molecular weight excluding hydrogens is 244 g/mol. The van der Waals surface area contributed by atoms with Crippen LogP contribution in [0.1, 0.15) is 18.4 Å². The fourth-order valence-corrected chi connectivity index (χ4v) is 1.95. The number of ether oxygens (including phenoxy) is 1. The fraction of sp³-hybridized carbons (Fsp3) is 0.455. The third kappa shape index (κ3) is 2.94. The predicted octanol–water partition coefficient (Wildman–Crippen LogP) is 2.25. The van der Waals surface area contributed by atoms with Crippen LogP contribution >= 0.6 is 11.6 Å². The molecule has 92 valence electrons. The minimum atomic E-state index is -0.471. The van der Waals surface area contributed by atoms with Gasteiger partial charge in [0.25, 0.3) is 5.69 Å². The average molecular weight is 257 g/mol. The molecule has 0 saturated heterocycles. The van der Waals surface area contributed by atoms with Crippen molar-refractivity contribution in [3.63, 3.8) is 0 Å². The van der Waals surface area contributed by atoms with Gasteiger partial charge in [-0.15, -0.1) is 0 Å². The summed E-state index contributed by atoms with van der Waals surface area (Å²) in [7, 11) is 0. The van der Waals surface area contributed by atoms with Crippen molar-refractivity contribution >= 4 is 17.3 Å². The first kappa shape index (κ1) is 12.3. The topological polar surface area (TPSA) is 78.4 Å². The molecule has 1 aromatic rings. The van der Waals surface area contributed by atoms with Crippen LogP contribution in [0.2, 0.25) is 5.02 Å². The average Bonchev–Trinajstić information content (AvgIpc) is 2.24. The van der Waals surface area contributed by atoms with Gasteiger partial charge >= 0.3 is 0 Å². The number of hydrogen-bond acceptors (Lipinski definition) is 4. The molecule has 0 aliphatic heterocycles. The number of nitro benzene ring substituents is 1. The van der Waals surface area contributed by atoms with Crippen molar-refractivity contribution in [2.75, 3.05) is 0 Å². The molecule has 5 nitrogen and oxygen atoms in total. The minimum Gasteiger partial charge on any atom is -0.373 e. The first-order chi connectivity index (χ1) is 8.06. The van der Waals surface area contributed by atoms with Gasteiger partial charge in [0, 0.05) is 18.2 Å². The Morgan fingerprint density at radius 2 is 2.24 bits per heavy atom. The van der Waals surface area contributed by atoms with E-state index in [9.17, 15) is 10.1 Å². The Bertz CT molecular complexity index is 433. The number of nitrogens with zero attached hydrogens (tertiary/aromatic N) is 1. The molecule has 0 bridgehead atoms. The minimum absolute atomic E-state index is 0.00980. The molecule has 1 aromatic carbocycles. The second-order valence-electron chi connectivity index (χ2n) is 4.20. The smallest absolute Gasteiger partial charge is 0.270 e. The summed E-state index contributed by atoms with van der Waals surface area (Å²) in [6, 6.07) is 4.63. The van der Waals surface area contributed by atoms with Gasteiger partial charge in [0.2, 0.25) is 0 Å². The van der Waals surface area contributed by atoms with Crippen LogP contribution in [0, 0.1) is 10.1 Å². The van der Waals surface area contributed by atoms with E-state index in [1.165, 1.54) is 12.1 Å². The van der Waals surface area contributed by atoms with E-state index in [4.69, 9.17) is 22.1 Å². The molecule has 1 aliphatic rings. The second-order valence-corrected chi connectivity index (χ2v) is 4.60. The maximum Gasteiger partial charge on any atom is 0.270 e. The number of halogens is 1. The summed E-state index contributed by atoms with van der Waals surface area (Å²) in [6.07, 6.45) is 1.92. The number of rotatable bonds is 4. The van der Waals surface area contributed by atoms with E-state index in [-0.39, 0.29) is 17.8 Å². The number of benzene rings is 1. The second kappa shape index (κ2) is 5.00.